The Balaban J connectivity index is 2.14. The van der Waals surface area contributed by atoms with Gasteiger partial charge in [0.05, 0.1) is 5.52 Å². The number of fused-ring (bicyclic) bond motifs is 1. The lowest BCUT2D eigenvalue weighted by molar-refractivity contribution is -0.123. The minimum atomic E-state index is -0.617. The van der Waals surface area contributed by atoms with Gasteiger partial charge in [0.1, 0.15) is 6.04 Å². The zero-order chi connectivity index (χ0) is 14.5. The molecule has 0 radical (unpaired) electrons. The summed E-state index contributed by atoms with van der Waals surface area (Å²) in [5.41, 5.74) is 1.11. The number of carbonyl (C=O) groups is 1. The molecule has 0 aliphatic carbocycles. The second-order valence-electron chi connectivity index (χ2n) is 4.52. The summed E-state index contributed by atoms with van der Waals surface area (Å²) in [4.78, 5) is 23.9. The molecule has 2 rings (SSSR count). The van der Waals surface area contributed by atoms with Crippen molar-refractivity contribution >= 4 is 17.0 Å². The van der Waals surface area contributed by atoms with Gasteiger partial charge < -0.3 is 14.5 Å². The van der Waals surface area contributed by atoms with E-state index in [1.165, 1.54) is 4.57 Å². The van der Waals surface area contributed by atoms with Gasteiger partial charge in [-0.05, 0) is 25.5 Å². The minimum Gasteiger partial charge on any atom is -0.408 e. The Kier molecular flexibility index (Phi) is 4.57. The van der Waals surface area contributed by atoms with Crippen LogP contribution in [-0.4, -0.2) is 30.7 Å². The number of carbonyl (C=O) groups excluding carboxylic acids is 1. The highest BCUT2D eigenvalue weighted by molar-refractivity contribution is 5.82. The van der Waals surface area contributed by atoms with Crippen molar-refractivity contribution in [2.45, 2.75) is 19.4 Å². The van der Waals surface area contributed by atoms with Crippen LogP contribution in [0.1, 0.15) is 19.4 Å². The SMILES string of the molecule is COCCCNC(=O)C(C)n1c(=O)oc2ccccc21. The molecule has 0 aliphatic heterocycles. The van der Waals surface area contributed by atoms with Crippen LogP contribution in [0.4, 0.5) is 0 Å². The minimum absolute atomic E-state index is 0.213. The fourth-order valence-corrected chi connectivity index (χ4v) is 2.04. The van der Waals surface area contributed by atoms with E-state index in [1.54, 1.807) is 38.3 Å². The van der Waals surface area contributed by atoms with Gasteiger partial charge in [0.2, 0.25) is 5.91 Å². The molecule has 1 aromatic carbocycles. The number of para-hydroxylation sites is 2. The lowest BCUT2D eigenvalue weighted by atomic mass is 10.2. The predicted octanol–water partition coefficient (Wildman–Crippen LogP) is 1.31. The van der Waals surface area contributed by atoms with Crippen molar-refractivity contribution in [1.29, 1.82) is 0 Å². The molecule has 1 atom stereocenters. The van der Waals surface area contributed by atoms with Gasteiger partial charge >= 0.3 is 5.76 Å². The third-order valence-corrected chi connectivity index (χ3v) is 3.11. The van der Waals surface area contributed by atoms with Crippen LogP contribution < -0.4 is 11.1 Å². The summed E-state index contributed by atoms with van der Waals surface area (Å²) in [5, 5.41) is 2.78. The highest BCUT2D eigenvalue weighted by atomic mass is 16.5. The van der Waals surface area contributed by atoms with E-state index < -0.39 is 11.8 Å². The zero-order valence-electron chi connectivity index (χ0n) is 11.6. The summed E-state index contributed by atoms with van der Waals surface area (Å²) in [6.07, 6.45) is 0.732. The molecule has 1 N–H and O–H groups in total. The van der Waals surface area contributed by atoms with E-state index in [-0.39, 0.29) is 5.91 Å². The van der Waals surface area contributed by atoms with Crippen LogP contribution in [0.15, 0.2) is 33.5 Å². The van der Waals surface area contributed by atoms with Gasteiger partial charge in [0, 0.05) is 20.3 Å². The maximum Gasteiger partial charge on any atom is 0.420 e. The summed E-state index contributed by atoms with van der Waals surface area (Å²) in [7, 11) is 1.61. The van der Waals surface area contributed by atoms with Crippen molar-refractivity contribution in [2.24, 2.45) is 0 Å². The lowest BCUT2D eigenvalue weighted by Gasteiger charge is -2.12. The normalized spacial score (nSPS) is 12.5. The van der Waals surface area contributed by atoms with Gasteiger partial charge in [-0.15, -0.1) is 0 Å². The average molecular weight is 278 g/mol. The number of methoxy groups -OCH3 is 1. The summed E-state index contributed by atoms with van der Waals surface area (Å²) < 4.78 is 11.4. The van der Waals surface area contributed by atoms with E-state index in [0.717, 1.165) is 6.42 Å². The quantitative estimate of drug-likeness (QED) is 0.808. The van der Waals surface area contributed by atoms with Crippen LogP contribution in [0.3, 0.4) is 0 Å². The summed E-state index contributed by atoms with van der Waals surface area (Å²) in [6.45, 7) is 2.78. The van der Waals surface area contributed by atoms with Gasteiger partial charge in [-0.3, -0.25) is 9.36 Å². The first-order valence-corrected chi connectivity index (χ1v) is 6.52. The van der Waals surface area contributed by atoms with Crippen molar-refractivity contribution in [3.63, 3.8) is 0 Å². The fourth-order valence-electron chi connectivity index (χ4n) is 2.04. The molecule has 20 heavy (non-hydrogen) atoms. The fraction of sp³-hybridized carbons (Fsp3) is 0.429. The Labute approximate surface area is 116 Å². The monoisotopic (exact) mass is 278 g/mol. The Morgan fingerprint density at radius 1 is 1.45 bits per heavy atom. The molecule has 0 fully saturated rings. The van der Waals surface area contributed by atoms with E-state index in [9.17, 15) is 9.59 Å². The standard InChI is InChI=1S/C14H18N2O4/c1-10(13(17)15-8-5-9-19-2)16-11-6-3-4-7-12(11)20-14(16)18/h3-4,6-7,10H,5,8-9H2,1-2H3,(H,15,17). The molecule has 1 heterocycles. The number of nitrogens with zero attached hydrogens (tertiary/aromatic N) is 1. The Hall–Kier alpha value is -2.08. The highest BCUT2D eigenvalue weighted by Crippen LogP contribution is 2.16. The van der Waals surface area contributed by atoms with Gasteiger partial charge in [0.15, 0.2) is 5.58 Å². The van der Waals surface area contributed by atoms with E-state index in [1.807, 2.05) is 0 Å². The highest BCUT2D eigenvalue weighted by Gasteiger charge is 2.20. The third kappa shape index (κ3) is 2.91. The van der Waals surface area contributed by atoms with Gasteiger partial charge in [-0.25, -0.2) is 4.79 Å². The summed E-state index contributed by atoms with van der Waals surface area (Å²) >= 11 is 0. The largest absolute Gasteiger partial charge is 0.420 e. The molecule has 2 aromatic rings. The molecule has 6 nitrogen and oxygen atoms in total. The number of hydrogen-bond acceptors (Lipinski definition) is 4. The lowest BCUT2D eigenvalue weighted by Crippen LogP contribution is -2.35. The number of ether oxygens (including phenoxy) is 1. The molecule has 1 aromatic heterocycles. The first-order chi connectivity index (χ1) is 9.65. The molecule has 6 heteroatoms. The van der Waals surface area contributed by atoms with Gasteiger partial charge in [-0.1, -0.05) is 12.1 Å². The van der Waals surface area contributed by atoms with E-state index >= 15 is 0 Å². The van der Waals surface area contributed by atoms with Crippen LogP contribution in [-0.2, 0) is 9.53 Å². The molecular weight excluding hydrogens is 260 g/mol. The molecule has 0 bridgehead atoms. The second kappa shape index (κ2) is 6.38. The van der Waals surface area contributed by atoms with E-state index in [0.29, 0.717) is 24.3 Å². The van der Waals surface area contributed by atoms with Gasteiger partial charge in [-0.2, -0.15) is 0 Å². The summed E-state index contributed by atoms with van der Waals surface area (Å²) in [5.74, 6) is -0.736. The number of hydrogen-bond donors (Lipinski definition) is 1. The van der Waals surface area contributed by atoms with E-state index in [2.05, 4.69) is 5.32 Å². The first-order valence-electron chi connectivity index (χ1n) is 6.52. The number of amides is 1. The average Bonchev–Trinajstić information content (AvgIpc) is 2.78. The molecule has 0 aliphatic rings. The number of rotatable bonds is 6. The smallest absolute Gasteiger partial charge is 0.408 e. The predicted molar refractivity (Wildman–Crippen MR) is 74.7 cm³/mol. The number of benzene rings is 1. The molecule has 0 saturated heterocycles. The van der Waals surface area contributed by atoms with E-state index in [4.69, 9.17) is 9.15 Å². The van der Waals surface area contributed by atoms with Crippen molar-refractivity contribution in [3.8, 4) is 0 Å². The van der Waals surface area contributed by atoms with Gasteiger partial charge in [0.25, 0.3) is 0 Å². The first kappa shape index (κ1) is 14.3. The second-order valence-corrected chi connectivity index (χ2v) is 4.52. The molecule has 108 valence electrons. The number of nitrogens with one attached hydrogen (secondary N) is 1. The topological polar surface area (TPSA) is 73.5 Å². The van der Waals surface area contributed by atoms with Crippen LogP contribution in [0.2, 0.25) is 0 Å². The number of oxazole rings is 1. The van der Waals surface area contributed by atoms with Crippen LogP contribution in [0.25, 0.3) is 11.1 Å². The zero-order valence-corrected chi connectivity index (χ0v) is 11.6. The Morgan fingerprint density at radius 3 is 2.95 bits per heavy atom. The maximum absolute atomic E-state index is 12.0. The maximum atomic E-state index is 12.0. The Bertz CT molecular complexity index is 644. The van der Waals surface area contributed by atoms with Crippen LogP contribution in [0, 0.1) is 0 Å². The molecular formula is C14H18N2O4. The van der Waals surface area contributed by atoms with Crippen molar-refractivity contribution in [1.82, 2.24) is 9.88 Å². The van der Waals surface area contributed by atoms with Crippen LogP contribution in [0.5, 0.6) is 0 Å². The van der Waals surface area contributed by atoms with Crippen LogP contribution >= 0.6 is 0 Å². The summed E-state index contributed by atoms with van der Waals surface area (Å²) in [6, 6.07) is 6.43. The molecule has 0 saturated carbocycles. The molecule has 1 unspecified atom stereocenters. The molecule has 0 spiro atoms. The van der Waals surface area contributed by atoms with Crippen molar-refractivity contribution < 1.29 is 13.9 Å². The Morgan fingerprint density at radius 2 is 2.20 bits per heavy atom. The molecule has 1 amide bonds. The third-order valence-electron chi connectivity index (χ3n) is 3.11. The van der Waals surface area contributed by atoms with Crippen molar-refractivity contribution in [3.05, 3.63) is 34.8 Å². The van der Waals surface area contributed by atoms with Crippen molar-refractivity contribution in [2.75, 3.05) is 20.3 Å². The number of aromatic nitrogens is 1.